The number of benzene rings is 1. The average molecular weight is 286 g/mol. The number of carboxylic acids is 1. The molecular weight excluding hydrogens is 276 g/mol. The summed E-state index contributed by atoms with van der Waals surface area (Å²) in [6.45, 7) is 0. The van der Waals surface area contributed by atoms with Crippen molar-refractivity contribution in [2.45, 2.75) is 6.42 Å². The molecular formula is C14H10N2O3S. The molecule has 3 aromatic rings. The van der Waals surface area contributed by atoms with Crippen LogP contribution in [0.1, 0.15) is 31.3 Å². The Morgan fingerprint density at radius 3 is 3.05 bits per heavy atom. The van der Waals surface area contributed by atoms with E-state index in [1.165, 1.54) is 17.5 Å². The first kappa shape index (κ1) is 12.6. The second-order valence-electron chi connectivity index (χ2n) is 4.33. The summed E-state index contributed by atoms with van der Waals surface area (Å²) in [5, 5.41) is 8.97. The van der Waals surface area contributed by atoms with Crippen molar-refractivity contribution in [3.63, 3.8) is 0 Å². The van der Waals surface area contributed by atoms with Gasteiger partial charge in [0.1, 0.15) is 5.69 Å². The van der Waals surface area contributed by atoms with Crippen molar-refractivity contribution in [1.29, 1.82) is 0 Å². The van der Waals surface area contributed by atoms with Crippen LogP contribution >= 0.6 is 11.3 Å². The molecule has 1 N–H and O–H groups in total. The number of aromatic nitrogens is 2. The summed E-state index contributed by atoms with van der Waals surface area (Å²) in [7, 11) is 0. The molecule has 0 saturated carbocycles. The lowest BCUT2D eigenvalue weighted by Crippen LogP contribution is -1.97. The Labute approximate surface area is 118 Å². The maximum absolute atomic E-state index is 10.9. The smallest absolute Gasteiger partial charge is 0.335 e. The molecule has 0 aliphatic heterocycles. The summed E-state index contributed by atoms with van der Waals surface area (Å²) in [5.41, 5.74) is 1.71. The number of nitrogens with zero attached hydrogens (tertiary/aromatic N) is 2. The van der Waals surface area contributed by atoms with Gasteiger partial charge in [0.25, 0.3) is 0 Å². The topological polar surface area (TPSA) is 71.7 Å². The van der Waals surface area contributed by atoms with Crippen LogP contribution in [-0.4, -0.2) is 26.7 Å². The molecule has 0 aliphatic rings. The van der Waals surface area contributed by atoms with Gasteiger partial charge < -0.3 is 5.11 Å². The molecule has 0 radical (unpaired) electrons. The number of hydrogen-bond donors (Lipinski definition) is 1. The van der Waals surface area contributed by atoms with E-state index in [2.05, 4.69) is 4.98 Å². The number of aromatic carboxylic acids is 1. The van der Waals surface area contributed by atoms with Gasteiger partial charge in [-0.25, -0.2) is 9.78 Å². The van der Waals surface area contributed by atoms with Gasteiger partial charge in [-0.2, -0.15) is 0 Å². The van der Waals surface area contributed by atoms with Crippen LogP contribution < -0.4 is 0 Å². The number of carbonyl (C=O) groups excluding carboxylic acids is 1. The molecule has 100 valence electrons. The lowest BCUT2D eigenvalue weighted by molar-refractivity contribution is 0.0696. The number of rotatable bonds is 4. The molecule has 0 amide bonds. The maximum atomic E-state index is 10.9. The van der Waals surface area contributed by atoms with Gasteiger partial charge in [-0.1, -0.05) is 12.1 Å². The molecule has 0 fully saturated rings. The van der Waals surface area contributed by atoms with Crippen molar-refractivity contribution in [3.05, 3.63) is 58.4 Å². The molecule has 0 atom stereocenters. The van der Waals surface area contributed by atoms with Crippen molar-refractivity contribution in [2.24, 2.45) is 0 Å². The number of hydrogen-bond acceptors (Lipinski definition) is 4. The summed E-state index contributed by atoms with van der Waals surface area (Å²) in [4.78, 5) is 27.7. The molecule has 5 nitrogen and oxygen atoms in total. The zero-order valence-corrected chi connectivity index (χ0v) is 11.1. The summed E-state index contributed by atoms with van der Waals surface area (Å²) in [5.74, 6) is -0.934. The fourth-order valence-electron chi connectivity index (χ4n) is 2.03. The van der Waals surface area contributed by atoms with Crippen LogP contribution in [0.4, 0.5) is 0 Å². The fraction of sp³-hybridized carbons (Fsp3) is 0.0714. The number of thiazole rings is 1. The number of imidazole rings is 1. The zero-order chi connectivity index (χ0) is 14.1. The predicted octanol–water partition coefficient (Wildman–Crippen LogP) is 2.50. The number of aldehydes is 1. The predicted molar refractivity (Wildman–Crippen MR) is 74.7 cm³/mol. The lowest BCUT2D eigenvalue weighted by atomic mass is 10.1. The van der Waals surface area contributed by atoms with Crippen LogP contribution in [0.5, 0.6) is 0 Å². The molecule has 1 aromatic carbocycles. The van der Waals surface area contributed by atoms with Gasteiger partial charge in [-0.15, -0.1) is 11.3 Å². The summed E-state index contributed by atoms with van der Waals surface area (Å²) >= 11 is 1.49. The molecule has 0 aliphatic carbocycles. The first-order valence-electron chi connectivity index (χ1n) is 5.90. The molecule has 0 bridgehead atoms. The minimum atomic E-state index is -0.934. The zero-order valence-electron chi connectivity index (χ0n) is 10.3. The second kappa shape index (κ2) is 4.90. The van der Waals surface area contributed by atoms with E-state index in [0.29, 0.717) is 12.1 Å². The second-order valence-corrected chi connectivity index (χ2v) is 5.43. The highest BCUT2D eigenvalue weighted by Gasteiger charge is 2.09. The molecule has 6 heteroatoms. The Balaban J connectivity index is 1.92. The quantitative estimate of drug-likeness (QED) is 0.748. The first-order valence-corrected chi connectivity index (χ1v) is 6.72. The van der Waals surface area contributed by atoms with Crippen molar-refractivity contribution in [2.75, 3.05) is 0 Å². The monoisotopic (exact) mass is 286 g/mol. The highest BCUT2D eigenvalue weighted by atomic mass is 32.1. The van der Waals surface area contributed by atoms with E-state index in [1.807, 2.05) is 12.3 Å². The Kier molecular flexibility index (Phi) is 3.08. The standard InChI is InChI=1S/C14H10N2O3S/c17-8-11-6-15-14-16(11)7-12(20-14)5-9-2-1-3-10(4-9)13(18)19/h1-4,6-8H,5H2,(H,18,19). The molecule has 3 rings (SSSR count). The van der Waals surface area contributed by atoms with Crippen LogP contribution in [0.2, 0.25) is 0 Å². The minimum absolute atomic E-state index is 0.275. The SMILES string of the molecule is O=Cc1cnc2sc(Cc3cccc(C(=O)O)c3)cn12. The van der Waals surface area contributed by atoms with Crippen LogP contribution in [0, 0.1) is 0 Å². The third-order valence-corrected chi connectivity index (χ3v) is 3.96. The van der Waals surface area contributed by atoms with E-state index < -0.39 is 5.97 Å². The largest absolute Gasteiger partial charge is 0.478 e. The molecule has 0 saturated heterocycles. The highest BCUT2D eigenvalue weighted by molar-refractivity contribution is 7.17. The third kappa shape index (κ3) is 2.21. The lowest BCUT2D eigenvalue weighted by Gasteiger charge is -2.00. The van der Waals surface area contributed by atoms with E-state index in [9.17, 15) is 9.59 Å². The summed E-state index contributed by atoms with van der Waals surface area (Å²) < 4.78 is 1.74. The van der Waals surface area contributed by atoms with Crippen LogP contribution in [0.25, 0.3) is 4.96 Å². The number of carboxylic acid groups (broad SMARTS) is 1. The molecule has 0 unspecified atom stereocenters. The van der Waals surface area contributed by atoms with Gasteiger partial charge in [0.05, 0.1) is 11.8 Å². The van der Waals surface area contributed by atoms with Gasteiger partial charge >= 0.3 is 5.97 Å². The maximum Gasteiger partial charge on any atom is 0.335 e. The van der Waals surface area contributed by atoms with Gasteiger partial charge in [0.15, 0.2) is 11.2 Å². The Bertz CT molecular complexity index is 804. The van der Waals surface area contributed by atoms with E-state index in [1.54, 1.807) is 22.6 Å². The van der Waals surface area contributed by atoms with E-state index in [0.717, 1.165) is 21.7 Å². The highest BCUT2D eigenvalue weighted by Crippen LogP contribution is 2.21. The fourth-order valence-corrected chi connectivity index (χ4v) is 3.03. The normalized spacial score (nSPS) is 10.8. The number of fused-ring (bicyclic) bond motifs is 1. The average Bonchev–Trinajstić information content (AvgIpc) is 2.98. The summed E-state index contributed by atoms with van der Waals surface area (Å²) in [6.07, 6.45) is 4.78. The Hall–Kier alpha value is -2.47. The van der Waals surface area contributed by atoms with E-state index >= 15 is 0 Å². The van der Waals surface area contributed by atoms with Crippen molar-refractivity contribution in [3.8, 4) is 0 Å². The van der Waals surface area contributed by atoms with Gasteiger partial charge in [-0.05, 0) is 17.7 Å². The molecule has 20 heavy (non-hydrogen) atoms. The van der Waals surface area contributed by atoms with Crippen molar-refractivity contribution in [1.82, 2.24) is 9.38 Å². The Morgan fingerprint density at radius 2 is 2.30 bits per heavy atom. The minimum Gasteiger partial charge on any atom is -0.478 e. The van der Waals surface area contributed by atoms with E-state index in [-0.39, 0.29) is 5.56 Å². The van der Waals surface area contributed by atoms with Crippen LogP contribution in [0.3, 0.4) is 0 Å². The van der Waals surface area contributed by atoms with Crippen molar-refractivity contribution < 1.29 is 14.7 Å². The number of carbonyl (C=O) groups is 2. The molecule has 0 spiro atoms. The van der Waals surface area contributed by atoms with Crippen molar-refractivity contribution >= 4 is 28.6 Å². The van der Waals surface area contributed by atoms with Gasteiger partial charge in [0, 0.05) is 17.5 Å². The van der Waals surface area contributed by atoms with Gasteiger partial charge in [0.2, 0.25) is 0 Å². The molecule has 2 aromatic heterocycles. The van der Waals surface area contributed by atoms with Crippen LogP contribution in [0.15, 0.2) is 36.7 Å². The Morgan fingerprint density at radius 1 is 1.45 bits per heavy atom. The van der Waals surface area contributed by atoms with E-state index in [4.69, 9.17) is 5.11 Å². The van der Waals surface area contributed by atoms with Gasteiger partial charge in [-0.3, -0.25) is 9.20 Å². The first-order chi connectivity index (χ1) is 9.67. The van der Waals surface area contributed by atoms with Crippen LogP contribution in [-0.2, 0) is 6.42 Å². The summed E-state index contributed by atoms with van der Waals surface area (Å²) in [6, 6.07) is 6.84. The third-order valence-electron chi connectivity index (χ3n) is 2.96. The molecule has 2 heterocycles.